The van der Waals surface area contributed by atoms with Crippen molar-refractivity contribution in [1.82, 2.24) is 0 Å². The molecule has 4 aliphatic rings. The number of hydrogen-bond donors (Lipinski definition) is 1. The smallest absolute Gasteiger partial charge is 0.411 e. The Balaban J connectivity index is 0.000000252. The minimum absolute atomic E-state index is 0.0602. The zero-order valence-corrected chi connectivity index (χ0v) is 38.5. The molecule has 0 aromatic heterocycles. The summed E-state index contributed by atoms with van der Waals surface area (Å²) in [6.45, 7) is 8.86. The highest BCUT2D eigenvalue weighted by Crippen LogP contribution is 2.50. The maximum absolute atomic E-state index is 13.0. The molecule has 0 bridgehead atoms. The SMILES string of the molecule is COC(=S)Cl.COC(=S)OC1=C(c2c(C)cc(C)cc2C)C(=O)OC12CCC(OCC(F)(F)F)CC2.Cc1cc(C)c(C2=C(O)C3(CCC(OCC(F)(F)F)CC3)OC2=O)c(C)c1. The molecular weight excluding hydrogens is 902 g/mol. The van der Waals surface area contributed by atoms with Crippen molar-refractivity contribution in [2.24, 2.45) is 0 Å². The molecule has 2 saturated carbocycles. The maximum Gasteiger partial charge on any atom is 0.411 e. The van der Waals surface area contributed by atoms with Crippen LogP contribution in [0.2, 0.25) is 0 Å². The molecule has 63 heavy (non-hydrogen) atoms. The molecule has 1 N–H and O–H groups in total. The van der Waals surface area contributed by atoms with Gasteiger partial charge in [-0.25, -0.2) is 9.59 Å². The second-order valence-electron chi connectivity index (χ2n) is 16.0. The first-order valence-corrected chi connectivity index (χ1v) is 21.1. The average molecular weight is 953 g/mol. The summed E-state index contributed by atoms with van der Waals surface area (Å²) in [4.78, 5) is 25.6. The maximum atomic E-state index is 13.0. The molecule has 19 heteroatoms. The highest BCUT2D eigenvalue weighted by molar-refractivity contribution is 7.82. The Morgan fingerprint density at radius 2 is 1.03 bits per heavy atom. The molecule has 6 rings (SSSR count). The van der Waals surface area contributed by atoms with Gasteiger partial charge in [0, 0.05) is 12.2 Å². The van der Waals surface area contributed by atoms with Crippen molar-refractivity contribution >= 4 is 68.9 Å². The molecular formula is C44H51ClF6O10S2. The Labute approximate surface area is 378 Å². The molecule has 0 unspecified atom stereocenters. The van der Waals surface area contributed by atoms with Crippen LogP contribution in [0.1, 0.15) is 95.9 Å². The number of methoxy groups -OCH3 is 2. The lowest BCUT2D eigenvalue weighted by molar-refractivity contribution is -0.193. The lowest BCUT2D eigenvalue weighted by atomic mass is 9.80. The summed E-state index contributed by atoms with van der Waals surface area (Å²) in [5.41, 5.74) is 5.15. The van der Waals surface area contributed by atoms with Gasteiger partial charge in [0.15, 0.2) is 22.7 Å². The van der Waals surface area contributed by atoms with Crippen molar-refractivity contribution in [1.29, 1.82) is 0 Å². The Hall–Kier alpha value is -3.97. The largest absolute Gasteiger partial charge is 0.507 e. The molecule has 2 aliphatic heterocycles. The molecule has 2 aliphatic carbocycles. The standard InChI is InChI=1S/C22H25F3O5S.C20H23F3O4.C2H3ClOS/c1-12-9-13(2)16(14(3)10-12)17-18(29-20(31)27-4)21(30-19(17)26)7-5-15(6-8-21)28-11-22(23,24)25;1-11-8-12(2)15(13(3)9-11)16-17(24)19(27-18(16)25)6-4-14(5-7-19)26-10-20(21,22)23;1-4-2(3)5/h9-10,15H,5-8,11H2,1-4H3;8-9,14,24H,4-7,10H2,1-3H3;1H3. The third kappa shape index (κ3) is 13.1. The topological polar surface area (TPSA) is 119 Å². The number of hydrogen-bond acceptors (Lipinski definition) is 12. The van der Waals surface area contributed by atoms with Crippen LogP contribution in [0.5, 0.6) is 0 Å². The number of aryl methyl sites for hydroxylation is 6. The van der Waals surface area contributed by atoms with Crippen LogP contribution in [-0.2, 0) is 42.7 Å². The highest BCUT2D eigenvalue weighted by Gasteiger charge is 2.54. The Bertz CT molecular complexity index is 2070. The van der Waals surface area contributed by atoms with Crippen LogP contribution in [0.15, 0.2) is 35.8 Å². The summed E-state index contributed by atoms with van der Waals surface area (Å²) >= 11 is 14.3. The predicted molar refractivity (Wildman–Crippen MR) is 230 cm³/mol. The summed E-state index contributed by atoms with van der Waals surface area (Å²) < 4.78 is 111. The number of ether oxygens (including phenoxy) is 7. The Morgan fingerprint density at radius 3 is 1.40 bits per heavy atom. The second kappa shape index (κ2) is 20.9. The van der Waals surface area contributed by atoms with Crippen LogP contribution in [0.3, 0.4) is 0 Å². The molecule has 0 saturated heterocycles. The van der Waals surface area contributed by atoms with Gasteiger partial charge in [-0.1, -0.05) is 35.4 Å². The van der Waals surface area contributed by atoms with E-state index in [-0.39, 0.29) is 83.8 Å². The van der Waals surface area contributed by atoms with E-state index in [1.165, 1.54) is 14.2 Å². The van der Waals surface area contributed by atoms with Gasteiger partial charge in [-0.3, -0.25) is 0 Å². The summed E-state index contributed by atoms with van der Waals surface area (Å²) in [7, 11) is 2.78. The van der Waals surface area contributed by atoms with Crippen LogP contribution in [0.25, 0.3) is 11.1 Å². The van der Waals surface area contributed by atoms with Crippen molar-refractivity contribution in [3.63, 3.8) is 0 Å². The zero-order chi connectivity index (χ0) is 47.2. The third-order valence-corrected chi connectivity index (χ3v) is 11.7. The number of benzene rings is 2. The van der Waals surface area contributed by atoms with E-state index in [0.717, 1.165) is 33.4 Å². The molecule has 2 aromatic rings. The monoisotopic (exact) mass is 952 g/mol. The zero-order valence-electron chi connectivity index (χ0n) is 36.1. The van der Waals surface area contributed by atoms with Gasteiger partial charge in [0.05, 0.1) is 26.4 Å². The summed E-state index contributed by atoms with van der Waals surface area (Å²) in [5.74, 6) is -0.985. The number of thiocarbonyl (C=S) groups is 2. The molecule has 2 spiro atoms. The molecule has 2 heterocycles. The number of rotatable bonds is 7. The molecule has 2 aromatic carbocycles. The first-order valence-electron chi connectivity index (χ1n) is 19.9. The van der Waals surface area contributed by atoms with E-state index in [0.29, 0.717) is 11.1 Å². The van der Waals surface area contributed by atoms with Crippen molar-refractivity contribution in [2.75, 3.05) is 27.4 Å². The number of carbonyl (C=O) groups excluding carboxylic acids is 2. The van der Waals surface area contributed by atoms with Crippen LogP contribution in [-0.4, -0.2) is 90.0 Å². The first-order chi connectivity index (χ1) is 29.2. The van der Waals surface area contributed by atoms with E-state index in [1.54, 1.807) is 0 Å². The fourth-order valence-electron chi connectivity index (χ4n) is 8.59. The molecule has 0 radical (unpaired) electrons. The molecule has 2 fully saturated rings. The van der Waals surface area contributed by atoms with E-state index in [9.17, 15) is 41.0 Å². The number of esters is 2. The Kier molecular flexibility index (Phi) is 17.1. The van der Waals surface area contributed by atoms with Gasteiger partial charge >= 0.3 is 29.5 Å². The van der Waals surface area contributed by atoms with E-state index in [4.69, 9.17) is 52.2 Å². The van der Waals surface area contributed by atoms with Gasteiger partial charge in [0.1, 0.15) is 24.4 Å². The minimum Gasteiger partial charge on any atom is -0.507 e. The number of aliphatic hydroxyl groups is 1. The van der Waals surface area contributed by atoms with E-state index >= 15 is 0 Å². The molecule has 348 valence electrons. The number of aliphatic hydroxyl groups excluding tert-OH is 1. The van der Waals surface area contributed by atoms with Crippen LogP contribution >= 0.6 is 36.0 Å². The minimum atomic E-state index is -4.39. The average Bonchev–Trinajstić information content (AvgIpc) is 3.56. The summed E-state index contributed by atoms with van der Waals surface area (Å²) in [6, 6.07) is 7.79. The number of halogens is 7. The quantitative estimate of drug-likeness (QED) is 0.123. The van der Waals surface area contributed by atoms with Crippen LogP contribution in [0.4, 0.5) is 26.3 Å². The van der Waals surface area contributed by atoms with Crippen LogP contribution < -0.4 is 0 Å². The van der Waals surface area contributed by atoms with Crippen molar-refractivity contribution in [2.45, 2.75) is 129 Å². The van der Waals surface area contributed by atoms with Crippen molar-refractivity contribution in [3.8, 4) is 0 Å². The van der Waals surface area contributed by atoms with Gasteiger partial charge in [-0.15, -0.1) is 0 Å². The lowest BCUT2D eigenvalue weighted by Gasteiger charge is -2.36. The fourth-order valence-corrected chi connectivity index (χ4v) is 8.68. The summed E-state index contributed by atoms with van der Waals surface area (Å²) in [6.07, 6.45) is -7.76. The van der Waals surface area contributed by atoms with E-state index in [1.807, 2.05) is 65.8 Å². The summed E-state index contributed by atoms with van der Waals surface area (Å²) in [5, 5.41) is 10.7. The Morgan fingerprint density at radius 1 is 0.683 bits per heavy atom. The molecule has 0 atom stereocenters. The van der Waals surface area contributed by atoms with Gasteiger partial charge in [-0.2, -0.15) is 26.3 Å². The van der Waals surface area contributed by atoms with E-state index in [2.05, 4.69) is 17.0 Å². The van der Waals surface area contributed by atoms with Gasteiger partial charge in [0.25, 0.3) is 4.51 Å². The van der Waals surface area contributed by atoms with Gasteiger partial charge < -0.3 is 38.3 Å². The highest BCUT2D eigenvalue weighted by atomic mass is 35.5. The normalized spacial score (nSPS) is 23.4. The first kappa shape index (κ1) is 51.7. The molecule has 10 nitrogen and oxygen atoms in total. The second-order valence-corrected chi connectivity index (χ2v) is 17.3. The van der Waals surface area contributed by atoms with Crippen molar-refractivity contribution < 1.29 is 74.2 Å². The van der Waals surface area contributed by atoms with Crippen molar-refractivity contribution in [3.05, 3.63) is 80.3 Å². The predicted octanol–water partition coefficient (Wildman–Crippen LogP) is 10.9. The fraction of sp³-hybridized carbons (Fsp3) is 0.545. The van der Waals surface area contributed by atoms with Gasteiger partial charge in [0.2, 0.25) is 0 Å². The van der Waals surface area contributed by atoms with E-state index < -0.39 is 60.9 Å². The number of carbonyl (C=O) groups is 2. The molecule has 0 amide bonds. The van der Waals surface area contributed by atoms with Crippen LogP contribution in [0, 0.1) is 41.5 Å². The lowest BCUT2D eigenvalue weighted by Crippen LogP contribution is -2.40. The third-order valence-electron chi connectivity index (χ3n) is 11.1. The van der Waals surface area contributed by atoms with Gasteiger partial charge in [-0.05, 0) is 150 Å². The number of alkyl halides is 6.